The molecule has 0 spiro atoms. The third-order valence-electron chi connectivity index (χ3n) is 4.42. The Balaban J connectivity index is 1.67. The Bertz CT molecular complexity index is 1060. The maximum absolute atomic E-state index is 5.25. The van der Waals surface area contributed by atoms with Gasteiger partial charge in [0.1, 0.15) is 5.75 Å². The normalized spacial score (nSPS) is 11.1. The highest BCUT2D eigenvalue weighted by Crippen LogP contribution is 2.27. The molecule has 0 aliphatic rings. The zero-order valence-corrected chi connectivity index (χ0v) is 14.6. The molecule has 0 fully saturated rings. The summed E-state index contributed by atoms with van der Waals surface area (Å²) in [6, 6.07) is 28.8. The van der Waals surface area contributed by atoms with E-state index in [4.69, 9.17) is 9.72 Å². The molecule has 2 heteroatoms. The first kappa shape index (κ1) is 16.1. The number of nitrogens with zero attached hydrogens (tertiary/aromatic N) is 1. The van der Waals surface area contributed by atoms with Crippen LogP contribution in [0.25, 0.3) is 34.2 Å². The van der Waals surface area contributed by atoms with Gasteiger partial charge in [-0.1, -0.05) is 66.7 Å². The summed E-state index contributed by atoms with van der Waals surface area (Å²) in [7, 11) is 1.68. The second-order valence-electron chi connectivity index (χ2n) is 6.08. The van der Waals surface area contributed by atoms with E-state index in [9.17, 15) is 0 Å². The molecule has 0 aliphatic heterocycles. The van der Waals surface area contributed by atoms with E-state index in [1.54, 1.807) is 7.11 Å². The van der Waals surface area contributed by atoms with Crippen LogP contribution < -0.4 is 4.74 Å². The number of rotatable bonds is 4. The molecule has 0 amide bonds. The van der Waals surface area contributed by atoms with Gasteiger partial charge in [0.2, 0.25) is 0 Å². The molecule has 0 radical (unpaired) electrons. The molecule has 126 valence electrons. The number of hydrogen-bond donors (Lipinski definition) is 0. The number of ether oxygens (including phenoxy) is 1. The maximum atomic E-state index is 5.25. The summed E-state index contributed by atoms with van der Waals surface area (Å²) in [6.45, 7) is 0. The molecular formula is C24H19NO. The molecule has 0 saturated heterocycles. The minimum Gasteiger partial charge on any atom is -0.497 e. The molecule has 0 unspecified atom stereocenters. The topological polar surface area (TPSA) is 22.1 Å². The van der Waals surface area contributed by atoms with Gasteiger partial charge >= 0.3 is 0 Å². The Kier molecular flexibility index (Phi) is 4.48. The monoisotopic (exact) mass is 337 g/mol. The summed E-state index contributed by atoms with van der Waals surface area (Å²) in [5.41, 5.74) is 5.48. The highest BCUT2D eigenvalue weighted by Gasteiger charge is 2.03. The lowest BCUT2D eigenvalue weighted by atomic mass is 9.99. The van der Waals surface area contributed by atoms with Gasteiger partial charge in [-0.25, -0.2) is 4.98 Å². The van der Waals surface area contributed by atoms with E-state index in [-0.39, 0.29) is 0 Å². The van der Waals surface area contributed by atoms with Gasteiger partial charge in [-0.3, -0.25) is 0 Å². The molecular weight excluding hydrogens is 318 g/mol. The Morgan fingerprint density at radius 2 is 1.50 bits per heavy atom. The van der Waals surface area contributed by atoms with E-state index >= 15 is 0 Å². The van der Waals surface area contributed by atoms with E-state index in [1.165, 1.54) is 5.56 Å². The molecule has 0 bridgehead atoms. The van der Waals surface area contributed by atoms with E-state index in [0.29, 0.717) is 0 Å². The van der Waals surface area contributed by atoms with Gasteiger partial charge in [-0.05, 0) is 47.0 Å². The number of pyridine rings is 1. The van der Waals surface area contributed by atoms with Crippen molar-refractivity contribution in [1.82, 2.24) is 4.98 Å². The van der Waals surface area contributed by atoms with Crippen molar-refractivity contribution >= 4 is 23.1 Å². The molecule has 0 N–H and O–H groups in total. The number of aromatic nitrogens is 1. The van der Waals surface area contributed by atoms with Crippen LogP contribution in [0.3, 0.4) is 0 Å². The summed E-state index contributed by atoms with van der Waals surface area (Å²) >= 11 is 0. The molecule has 0 atom stereocenters. The van der Waals surface area contributed by atoms with Crippen molar-refractivity contribution in [2.75, 3.05) is 7.11 Å². The van der Waals surface area contributed by atoms with Gasteiger partial charge in [-0.15, -0.1) is 0 Å². The third kappa shape index (κ3) is 3.35. The SMILES string of the molecule is COc1ccc(-c2ccccc2/C=C/c2ccc3ccccc3n2)cc1. The quantitative estimate of drug-likeness (QED) is 0.450. The fourth-order valence-corrected chi connectivity index (χ4v) is 3.03. The van der Waals surface area contributed by atoms with Crippen LogP contribution in [-0.4, -0.2) is 12.1 Å². The van der Waals surface area contributed by atoms with Crippen LogP contribution in [0.5, 0.6) is 5.75 Å². The Morgan fingerprint density at radius 1 is 0.731 bits per heavy atom. The number of fused-ring (bicyclic) bond motifs is 1. The Labute approximate surface area is 153 Å². The van der Waals surface area contributed by atoms with Crippen LogP contribution in [0.4, 0.5) is 0 Å². The van der Waals surface area contributed by atoms with Crippen LogP contribution in [0.2, 0.25) is 0 Å². The average Bonchev–Trinajstić information content (AvgIpc) is 2.72. The number of hydrogen-bond acceptors (Lipinski definition) is 2. The predicted octanol–water partition coefficient (Wildman–Crippen LogP) is 6.08. The van der Waals surface area contributed by atoms with Crippen LogP contribution in [-0.2, 0) is 0 Å². The minimum absolute atomic E-state index is 0.863. The van der Waals surface area contributed by atoms with Crippen LogP contribution in [0, 0.1) is 0 Å². The van der Waals surface area contributed by atoms with Crippen LogP contribution in [0.15, 0.2) is 84.9 Å². The van der Waals surface area contributed by atoms with Crippen molar-refractivity contribution in [1.29, 1.82) is 0 Å². The van der Waals surface area contributed by atoms with Crippen molar-refractivity contribution in [2.24, 2.45) is 0 Å². The number of methoxy groups -OCH3 is 1. The van der Waals surface area contributed by atoms with Gasteiger partial charge in [0, 0.05) is 5.39 Å². The smallest absolute Gasteiger partial charge is 0.118 e. The standard InChI is InChI=1S/C24H19NO/c1-26-22-16-12-19(13-17-22)23-8-4-2-6-18(23)10-14-21-15-11-20-7-3-5-9-24(20)25-21/h2-17H,1H3/b14-10+. The fraction of sp³-hybridized carbons (Fsp3) is 0.0417. The van der Waals surface area contributed by atoms with Gasteiger partial charge < -0.3 is 4.74 Å². The second-order valence-corrected chi connectivity index (χ2v) is 6.08. The zero-order chi connectivity index (χ0) is 17.8. The number of benzene rings is 3. The molecule has 0 saturated carbocycles. The first-order valence-corrected chi connectivity index (χ1v) is 8.61. The third-order valence-corrected chi connectivity index (χ3v) is 4.42. The van der Waals surface area contributed by atoms with Gasteiger partial charge in [-0.2, -0.15) is 0 Å². The molecule has 4 aromatic rings. The highest BCUT2D eigenvalue weighted by molar-refractivity contribution is 5.83. The lowest BCUT2D eigenvalue weighted by Crippen LogP contribution is -1.86. The lowest BCUT2D eigenvalue weighted by Gasteiger charge is -2.07. The molecule has 1 aromatic heterocycles. The van der Waals surface area contributed by atoms with E-state index in [0.717, 1.165) is 33.5 Å². The van der Waals surface area contributed by atoms with Crippen molar-refractivity contribution in [3.05, 3.63) is 96.2 Å². The first-order valence-electron chi connectivity index (χ1n) is 8.61. The second kappa shape index (κ2) is 7.24. The molecule has 26 heavy (non-hydrogen) atoms. The van der Waals surface area contributed by atoms with Gasteiger partial charge in [0.25, 0.3) is 0 Å². The van der Waals surface area contributed by atoms with Crippen molar-refractivity contribution in [3.8, 4) is 16.9 Å². The van der Waals surface area contributed by atoms with Crippen LogP contribution in [0.1, 0.15) is 11.3 Å². The van der Waals surface area contributed by atoms with Gasteiger partial charge in [0.15, 0.2) is 0 Å². The summed E-state index contributed by atoms with van der Waals surface area (Å²) < 4.78 is 5.25. The van der Waals surface area contributed by atoms with E-state index in [1.807, 2.05) is 30.3 Å². The number of para-hydroxylation sites is 1. The van der Waals surface area contributed by atoms with Crippen molar-refractivity contribution in [3.63, 3.8) is 0 Å². The molecule has 4 rings (SSSR count). The van der Waals surface area contributed by atoms with E-state index < -0.39 is 0 Å². The molecule has 1 heterocycles. The van der Waals surface area contributed by atoms with Crippen molar-refractivity contribution in [2.45, 2.75) is 0 Å². The molecule has 2 nitrogen and oxygen atoms in total. The predicted molar refractivity (Wildman–Crippen MR) is 109 cm³/mol. The average molecular weight is 337 g/mol. The van der Waals surface area contributed by atoms with Crippen LogP contribution >= 0.6 is 0 Å². The lowest BCUT2D eigenvalue weighted by molar-refractivity contribution is 0.415. The zero-order valence-electron chi connectivity index (χ0n) is 14.6. The van der Waals surface area contributed by atoms with Gasteiger partial charge in [0.05, 0.1) is 18.3 Å². The summed E-state index contributed by atoms with van der Waals surface area (Å²) in [5.74, 6) is 0.863. The molecule has 0 aliphatic carbocycles. The summed E-state index contributed by atoms with van der Waals surface area (Å²) in [5, 5.41) is 1.16. The van der Waals surface area contributed by atoms with E-state index in [2.05, 4.69) is 66.7 Å². The molecule has 3 aromatic carbocycles. The largest absolute Gasteiger partial charge is 0.497 e. The summed E-state index contributed by atoms with van der Waals surface area (Å²) in [4.78, 5) is 4.71. The summed E-state index contributed by atoms with van der Waals surface area (Å²) in [6.07, 6.45) is 4.19. The highest BCUT2D eigenvalue weighted by atomic mass is 16.5. The Morgan fingerprint density at radius 3 is 2.35 bits per heavy atom. The minimum atomic E-state index is 0.863. The van der Waals surface area contributed by atoms with Crippen molar-refractivity contribution < 1.29 is 4.74 Å². The maximum Gasteiger partial charge on any atom is 0.118 e. The fourth-order valence-electron chi connectivity index (χ4n) is 3.03. The Hall–Kier alpha value is -3.39. The first-order chi connectivity index (χ1) is 12.8.